The lowest BCUT2D eigenvalue weighted by atomic mass is 10.2. The lowest BCUT2D eigenvalue weighted by molar-refractivity contribution is -0.132. The molecule has 2 aromatic carbocycles. The minimum atomic E-state index is -3.79. The van der Waals surface area contributed by atoms with Crippen LogP contribution in [0.5, 0.6) is 5.75 Å². The molecule has 1 aliphatic rings. The number of rotatable bonds is 6. The van der Waals surface area contributed by atoms with Gasteiger partial charge in [-0.3, -0.25) is 4.79 Å². The van der Waals surface area contributed by atoms with E-state index in [0.717, 1.165) is 23.4 Å². The predicted octanol–water partition coefficient (Wildman–Crippen LogP) is 3.09. The molecule has 0 saturated carbocycles. The van der Waals surface area contributed by atoms with E-state index in [1.807, 2.05) is 31.2 Å². The second-order valence-corrected chi connectivity index (χ2v) is 9.07. The summed E-state index contributed by atoms with van der Waals surface area (Å²) in [6.45, 7) is 3.11. The van der Waals surface area contributed by atoms with Crippen LogP contribution in [-0.2, 0) is 14.8 Å². The summed E-state index contributed by atoms with van der Waals surface area (Å²) in [7, 11) is -3.79. The van der Waals surface area contributed by atoms with Crippen LogP contribution >= 0.6 is 11.6 Å². The summed E-state index contributed by atoms with van der Waals surface area (Å²) in [4.78, 5) is 14.0. The summed E-state index contributed by atoms with van der Waals surface area (Å²) in [5, 5.41) is -0.242. The molecule has 2 aromatic rings. The van der Waals surface area contributed by atoms with Gasteiger partial charge in [-0.25, -0.2) is 12.8 Å². The number of aryl methyl sites for hydroxylation is 1. The Morgan fingerprint density at radius 2 is 1.83 bits per heavy atom. The molecule has 3 rings (SSSR count). The second-order valence-electron chi connectivity index (χ2n) is 6.72. The van der Waals surface area contributed by atoms with Gasteiger partial charge in [-0.15, -0.1) is 0 Å². The first-order valence-corrected chi connectivity index (χ1v) is 11.0. The molecule has 0 bridgehead atoms. The van der Waals surface area contributed by atoms with Crippen LogP contribution in [0.1, 0.15) is 12.0 Å². The molecule has 156 valence electrons. The monoisotopic (exact) mass is 440 g/mol. The van der Waals surface area contributed by atoms with E-state index in [4.69, 9.17) is 16.3 Å². The predicted molar refractivity (Wildman–Crippen MR) is 108 cm³/mol. The summed E-state index contributed by atoms with van der Waals surface area (Å²) < 4.78 is 45.7. The first-order valence-electron chi connectivity index (χ1n) is 9.20. The number of halogens is 2. The average Bonchev–Trinajstić information content (AvgIpc) is 2.71. The van der Waals surface area contributed by atoms with Gasteiger partial charge in [0.05, 0.1) is 22.9 Å². The third kappa shape index (κ3) is 5.07. The Hall–Kier alpha value is -2.16. The van der Waals surface area contributed by atoms with Gasteiger partial charge in [0, 0.05) is 26.2 Å². The van der Waals surface area contributed by atoms with Crippen molar-refractivity contribution < 1.29 is 22.3 Å². The number of amides is 1. The highest BCUT2D eigenvalue weighted by Crippen LogP contribution is 2.23. The van der Waals surface area contributed by atoms with Crippen molar-refractivity contribution in [1.29, 1.82) is 0 Å². The van der Waals surface area contributed by atoms with Gasteiger partial charge in [0.2, 0.25) is 15.9 Å². The zero-order valence-corrected chi connectivity index (χ0v) is 17.5. The van der Waals surface area contributed by atoms with Gasteiger partial charge in [0.25, 0.3) is 0 Å². The van der Waals surface area contributed by atoms with Crippen LogP contribution in [0.25, 0.3) is 0 Å². The Bertz CT molecular complexity index is 992. The van der Waals surface area contributed by atoms with Crippen molar-refractivity contribution in [3.8, 4) is 5.75 Å². The van der Waals surface area contributed by atoms with Crippen LogP contribution in [0.15, 0.2) is 47.4 Å². The van der Waals surface area contributed by atoms with Gasteiger partial charge >= 0.3 is 0 Å². The van der Waals surface area contributed by atoms with Crippen molar-refractivity contribution >= 4 is 27.5 Å². The molecule has 1 fully saturated rings. The number of carbonyl (C=O) groups excluding carboxylic acids is 1. The number of nitrogens with zero attached hydrogens (tertiary/aromatic N) is 2. The summed E-state index contributed by atoms with van der Waals surface area (Å²) in [6, 6.07) is 10.9. The molecule has 9 heteroatoms. The molecule has 1 amide bonds. The summed E-state index contributed by atoms with van der Waals surface area (Å²) in [6.07, 6.45) is 0.217. The molecule has 29 heavy (non-hydrogen) atoms. The number of benzene rings is 2. The summed E-state index contributed by atoms with van der Waals surface area (Å²) in [5.41, 5.74) is 1.000. The Morgan fingerprint density at radius 1 is 1.14 bits per heavy atom. The molecular formula is C20H22ClFN2O4S. The molecule has 0 aromatic heterocycles. The van der Waals surface area contributed by atoms with E-state index in [-0.39, 0.29) is 55.0 Å². The molecule has 0 unspecified atom stereocenters. The van der Waals surface area contributed by atoms with E-state index in [1.165, 1.54) is 10.4 Å². The largest absolute Gasteiger partial charge is 0.493 e. The zero-order valence-electron chi connectivity index (χ0n) is 16.0. The van der Waals surface area contributed by atoms with Gasteiger partial charge in [0.15, 0.2) is 0 Å². The molecule has 1 heterocycles. The third-order valence-corrected chi connectivity index (χ3v) is 6.97. The molecular weight excluding hydrogens is 419 g/mol. The maximum atomic E-state index is 13.3. The van der Waals surface area contributed by atoms with E-state index in [2.05, 4.69) is 0 Å². The van der Waals surface area contributed by atoms with E-state index >= 15 is 0 Å². The highest BCUT2D eigenvalue weighted by molar-refractivity contribution is 7.89. The SMILES string of the molecule is Cc1ccccc1OCCC(=O)N1CCN(S(=O)(=O)c2ccc(F)c(Cl)c2)CC1. The Morgan fingerprint density at radius 3 is 2.48 bits per heavy atom. The van der Waals surface area contributed by atoms with Gasteiger partial charge in [-0.05, 0) is 36.8 Å². The lowest BCUT2D eigenvalue weighted by Gasteiger charge is -2.34. The standard InChI is InChI=1S/C20H22ClFN2O4S/c1-15-4-2-3-5-19(15)28-13-8-20(25)23-9-11-24(12-10-23)29(26,27)16-6-7-18(22)17(21)14-16/h2-7,14H,8-13H2,1H3. The van der Waals surface area contributed by atoms with Gasteiger partial charge in [-0.2, -0.15) is 4.31 Å². The minimum absolute atomic E-state index is 0.0599. The van der Waals surface area contributed by atoms with Crippen LogP contribution in [0.2, 0.25) is 5.02 Å². The molecule has 1 aliphatic heterocycles. The van der Waals surface area contributed by atoms with E-state index in [1.54, 1.807) is 4.90 Å². The molecule has 0 aliphatic carbocycles. The van der Waals surface area contributed by atoms with Crippen LogP contribution in [-0.4, -0.2) is 56.3 Å². The Kier molecular flexibility index (Phi) is 6.77. The summed E-state index contributed by atoms with van der Waals surface area (Å²) in [5.74, 6) is -0.0106. The van der Waals surface area contributed by atoms with E-state index in [0.29, 0.717) is 0 Å². The number of hydrogen-bond acceptors (Lipinski definition) is 4. The molecule has 0 spiro atoms. The van der Waals surface area contributed by atoms with Crippen molar-refractivity contribution in [2.45, 2.75) is 18.2 Å². The fourth-order valence-electron chi connectivity index (χ4n) is 3.09. The maximum Gasteiger partial charge on any atom is 0.243 e. The van der Waals surface area contributed by atoms with Gasteiger partial charge in [0.1, 0.15) is 11.6 Å². The van der Waals surface area contributed by atoms with Gasteiger partial charge < -0.3 is 9.64 Å². The molecule has 6 nitrogen and oxygen atoms in total. The maximum absolute atomic E-state index is 13.3. The van der Waals surface area contributed by atoms with Crippen LogP contribution in [0.3, 0.4) is 0 Å². The molecule has 0 N–H and O–H groups in total. The first kappa shape index (κ1) is 21.5. The number of hydrogen-bond donors (Lipinski definition) is 0. The van der Waals surface area contributed by atoms with Crippen LogP contribution in [0.4, 0.5) is 4.39 Å². The molecule has 1 saturated heterocycles. The van der Waals surface area contributed by atoms with Gasteiger partial charge in [-0.1, -0.05) is 29.8 Å². The minimum Gasteiger partial charge on any atom is -0.493 e. The van der Waals surface area contributed by atoms with E-state index in [9.17, 15) is 17.6 Å². The topological polar surface area (TPSA) is 66.9 Å². The number of ether oxygens (including phenoxy) is 1. The summed E-state index contributed by atoms with van der Waals surface area (Å²) >= 11 is 5.70. The van der Waals surface area contributed by atoms with Crippen LogP contribution in [0, 0.1) is 12.7 Å². The number of para-hydroxylation sites is 1. The normalized spacial score (nSPS) is 15.3. The highest BCUT2D eigenvalue weighted by atomic mass is 35.5. The highest BCUT2D eigenvalue weighted by Gasteiger charge is 2.30. The fraction of sp³-hybridized carbons (Fsp3) is 0.350. The number of carbonyl (C=O) groups is 1. The Labute approximate surface area is 174 Å². The second kappa shape index (κ2) is 9.11. The quantitative estimate of drug-likeness (QED) is 0.692. The van der Waals surface area contributed by atoms with Crippen LogP contribution < -0.4 is 4.74 Å². The van der Waals surface area contributed by atoms with Crippen molar-refractivity contribution in [2.75, 3.05) is 32.8 Å². The molecule has 0 radical (unpaired) electrons. The van der Waals surface area contributed by atoms with Crippen molar-refractivity contribution in [3.63, 3.8) is 0 Å². The Balaban J connectivity index is 1.52. The lowest BCUT2D eigenvalue weighted by Crippen LogP contribution is -2.50. The number of sulfonamides is 1. The van der Waals surface area contributed by atoms with Crippen molar-refractivity contribution in [3.05, 3.63) is 58.9 Å². The third-order valence-electron chi connectivity index (χ3n) is 4.79. The average molecular weight is 441 g/mol. The van der Waals surface area contributed by atoms with Crippen molar-refractivity contribution in [2.24, 2.45) is 0 Å². The molecule has 0 atom stereocenters. The van der Waals surface area contributed by atoms with Crippen molar-refractivity contribution in [1.82, 2.24) is 9.21 Å². The number of piperazine rings is 1. The van der Waals surface area contributed by atoms with E-state index < -0.39 is 15.8 Å². The fourth-order valence-corrected chi connectivity index (χ4v) is 4.78. The first-order chi connectivity index (χ1) is 13.8. The zero-order chi connectivity index (χ0) is 21.0. The smallest absolute Gasteiger partial charge is 0.243 e.